The van der Waals surface area contributed by atoms with E-state index in [4.69, 9.17) is 21.1 Å². The fourth-order valence-electron chi connectivity index (χ4n) is 2.20. The second-order valence-electron chi connectivity index (χ2n) is 4.98. The Hall–Kier alpha value is -1.37. The van der Waals surface area contributed by atoms with Crippen molar-refractivity contribution in [3.05, 3.63) is 22.8 Å². The molecule has 6 nitrogen and oxygen atoms in total. The number of ether oxygens (including phenoxy) is 2. The van der Waals surface area contributed by atoms with E-state index in [1.54, 1.807) is 11.0 Å². The van der Waals surface area contributed by atoms with Crippen molar-refractivity contribution in [1.29, 1.82) is 0 Å². The van der Waals surface area contributed by atoms with Crippen molar-refractivity contribution in [2.24, 2.45) is 0 Å². The Morgan fingerprint density at radius 1 is 1.55 bits per heavy atom. The fourth-order valence-corrected chi connectivity index (χ4v) is 2.41. The molecule has 0 spiro atoms. The SMILES string of the molecule is O=C(c1cnc(O[C@H]2CCOC2)c(Cl)c1)N1CC(O)C1. The van der Waals surface area contributed by atoms with Gasteiger partial charge in [-0.2, -0.15) is 0 Å². The molecule has 1 N–H and O–H groups in total. The summed E-state index contributed by atoms with van der Waals surface area (Å²) in [5.41, 5.74) is 0.400. The molecule has 2 saturated heterocycles. The average Bonchev–Trinajstić information content (AvgIpc) is 2.89. The summed E-state index contributed by atoms with van der Waals surface area (Å²) in [6.45, 7) is 1.92. The number of likely N-dealkylation sites (tertiary alicyclic amines) is 1. The van der Waals surface area contributed by atoms with Crippen molar-refractivity contribution < 1.29 is 19.4 Å². The van der Waals surface area contributed by atoms with Crippen molar-refractivity contribution in [1.82, 2.24) is 9.88 Å². The minimum absolute atomic E-state index is 0.0351. The number of hydrogen-bond acceptors (Lipinski definition) is 5. The molecule has 0 unspecified atom stereocenters. The number of β-amino-alcohol motifs (C(OH)–C–C–N with tert-alkyl or cyclic N) is 1. The molecule has 2 fully saturated rings. The molecule has 1 aromatic rings. The first-order valence-corrected chi connectivity index (χ1v) is 6.88. The molecule has 108 valence electrons. The highest BCUT2D eigenvalue weighted by molar-refractivity contribution is 6.32. The molecule has 0 aliphatic carbocycles. The van der Waals surface area contributed by atoms with Gasteiger partial charge in [0.2, 0.25) is 5.88 Å². The van der Waals surface area contributed by atoms with Gasteiger partial charge in [-0.15, -0.1) is 0 Å². The van der Waals surface area contributed by atoms with E-state index in [1.165, 1.54) is 6.20 Å². The summed E-state index contributed by atoms with van der Waals surface area (Å²) < 4.78 is 10.8. The quantitative estimate of drug-likeness (QED) is 0.890. The summed E-state index contributed by atoms with van der Waals surface area (Å²) in [4.78, 5) is 17.7. The molecule has 0 bridgehead atoms. The summed E-state index contributed by atoms with van der Waals surface area (Å²) in [6, 6.07) is 1.55. The Morgan fingerprint density at radius 2 is 2.35 bits per heavy atom. The van der Waals surface area contributed by atoms with E-state index in [2.05, 4.69) is 4.98 Å². The Labute approximate surface area is 121 Å². The monoisotopic (exact) mass is 298 g/mol. The molecule has 7 heteroatoms. The minimum atomic E-state index is -0.424. The minimum Gasteiger partial charge on any atom is -0.471 e. The van der Waals surface area contributed by atoms with E-state index >= 15 is 0 Å². The summed E-state index contributed by atoms with van der Waals surface area (Å²) in [5.74, 6) is 0.141. The Kier molecular flexibility index (Phi) is 3.78. The van der Waals surface area contributed by atoms with Crippen molar-refractivity contribution in [3.8, 4) is 5.88 Å². The van der Waals surface area contributed by atoms with Crippen LogP contribution in [0.25, 0.3) is 0 Å². The van der Waals surface area contributed by atoms with Gasteiger partial charge in [0.25, 0.3) is 5.91 Å². The predicted octanol–water partition coefficient (Wildman–Crippen LogP) is 0.719. The molecule has 2 aliphatic rings. The van der Waals surface area contributed by atoms with E-state index in [1.807, 2.05) is 0 Å². The number of rotatable bonds is 3. The lowest BCUT2D eigenvalue weighted by molar-refractivity contribution is 0.00585. The number of pyridine rings is 1. The van der Waals surface area contributed by atoms with E-state index in [0.717, 1.165) is 6.42 Å². The number of carbonyl (C=O) groups excluding carboxylic acids is 1. The van der Waals surface area contributed by atoms with Gasteiger partial charge in [0.15, 0.2) is 0 Å². The lowest BCUT2D eigenvalue weighted by Gasteiger charge is -2.35. The number of carbonyl (C=O) groups is 1. The molecule has 0 radical (unpaired) electrons. The number of nitrogens with zero attached hydrogens (tertiary/aromatic N) is 2. The van der Waals surface area contributed by atoms with Crippen LogP contribution in [-0.2, 0) is 4.74 Å². The lowest BCUT2D eigenvalue weighted by Crippen LogP contribution is -2.53. The molecule has 1 amide bonds. The maximum atomic E-state index is 12.0. The zero-order valence-corrected chi connectivity index (χ0v) is 11.5. The third-order valence-corrected chi connectivity index (χ3v) is 3.64. The third kappa shape index (κ3) is 2.72. The molecule has 1 aromatic heterocycles. The van der Waals surface area contributed by atoms with Crippen molar-refractivity contribution in [2.45, 2.75) is 18.6 Å². The van der Waals surface area contributed by atoms with Crippen LogP contribution in [0, 0.1) is 0 Å². The molecule has 1 atom stereocenters. The average molecular weight is 299 g/mol. The highest BCUT2D eigenvalue weighted by Crippen LogP contribution is 2.26. The number of amides is 1. The predicted molar refractivity (Wildman–Crippen MR) is 71.0 cm³/mol. The Bertz CT molecular complexity index is 513. The van der Waals surface area contributed by atoms with Crippen LogP contribution in [0.2, 0.25) is 5.02 Å². The van der Waals surface area contributed by atoms with Gasteiger partial charge in [0.1, 0.15) is 11.1 Å². The smallest absolute Gasteiger partial charge is 0.255 e. The molecule has 0 aromatic carbocycles. The van der Waals surface area contributed by atoms with Crippen molar-refractivity contribution in [3.63, 3.8) is 0 Å². The van der Waals surface area contributed by atoms with Gasteiger partial charge in [-0.3, -0.25) is 4.79 Å². The zero-order chi connectivity index (χ0) is 14.1. The van der Waals surface area contributed by atoms with Crippen LogP contribution in [0.5, 0.6) is 5.88 Å². The standard InChI is InChI=1S/C13H15ClN2O4/c14-11-3-8(13(18)16-5-9(17)6-16)4-15-12(11)20-10-1-2-19-7-10/h3-4,9-10,17H,1-2,5-7H2/t10-/m0/s1. The van der Waals surface area contributed by atoms with Gasteiger partial charge < -0.3 is 19.5 Å². The highest BCUT2D eigenvalue weighted by atomic mass is 35.5. The first-order chi connectivity index (χ1) is 9.63. The van der Waals surface area contributed by atoms with Gasteiger partial charge in [-0.05, 0) is 6.07 Å². The molecular weight excluding hydrogens is 284 g/mol. The van der Waals surface area contributed by atoms with Gasteiger partial charge in [-0.25, -0.2) is 4.98 Å². The van der Waals surface area contributed by atoms with E-state index < -0.39 is 6.10 Å². The van der Waals surface area contributed by atoms with Gasteiger partial charge in [-0.1, -0.05) is 11.6 Å². The van der Waals surface area contributed by atoms with Crippen LogP contribution in [-0.4, -0.2) is 59.4 Å². The number of aliphatic hydroxyl groups is 1. The number of aliphatic hydroxyl groups excluding tert-OH is 1. The zero-order valence-electron chi connectivity index (χ0n) is 10.8. The van der Waals surface area contributed by atoms with Crippen LogP contribution in [0.1, 0.15) is 16.8 Å². The van der Waals surface area contributed by atoms with Crippen LogP contribution < -0.4 is 4.74 Å². The summed E-state index contributed by atoms with van der Waals surface area (Å²) in [5, 5.41) is 9.51. The van der Waals surface area contributed by atoms with E-state index in [9.17, 15) is 9.90 Å². The fraction of sp³-hybridized carbons (Fsp3) is 0.538. The van der Waals surface area contributed by atoms with Gasteiger partial charge in [0.05, 0.1) is 24.9 Å². The van der Waals surface area contributed by atoms with E-state index in [0.29, 0.717) is 42.8 Å². The lowest BCUT2D eigenvalue weighted by atomic mass is 10.1. The highest BCUT2D eigenvalue weighted by Gasteiger charge is 2.30. The number of aromatic nitrogens is 1. The van der Waals surface area contributed by atoms with Gasteiger partial charge >= 0.3 is 0 Å². The second kappa shape index (κ2) is 5.55. The molecule has 0 saturated carbocycles. The molecule has 20 heavy (non-hydrogen) atoms. The van der Waals surface area contributed by atoms with Crippen molar-refractivity contribution in [2.75, 3.05) is 26.3 Å². The van der Waals surface area contributed by atoms with Gasteiger partial charge in [0, 0.05) is 25.7 Å². The van der Waals surface area contributed by atoms with Crippen LogP contribution >= 0.6 is 11.6 Å². The normalized spacial score (nSPS) is 22.7. The molecule has 3 rings (SSSR count). The first-order valence-electron chi connectivity index (χ1n) is 6.51. The second-order valence-corrected chi connectivity index (χ2v) is 5.39. The summed E-state index contributed by atoms with van der Waals surface area (Å²) in [6.07, 6.45) is 1.80. The maximum Gasteiger partial charge on any atom is 0.255 e. The topological polar surface area (TPSA) is 71.9 Å². The first kappa shape index (κ1) is 13.6. The Morgan fingerprint density at radius 3 is 2.95 bits per heavy atom. The van der Waals surface area contributed by atoms with E-state index in [-0.39, 0.29) is 12.0 Å². The molecule has 2 aliphatic heterocycles. The van der Waals surface area contributed by atoms with Crippen LogP contribution in [0.3, 0.4) is 0 Å². The summed E-state index contributed by atoms with van der Waals surface area (Å²) in [7, 11) is 0. The van der Waals surface area contributed by atoms with Crippen LogP contribution in [0.4, 0.5) is 0 Å². The Balaban J connectivity index is 1.68. The third-order valence-electron chi connectivity index (χ3n) is 3.37. The van der Waals surface area contributed by atoms with Crippen LogP contribution in [0.15, 0.2) is 12.3 Å². The molecular formula is C13H15ClN2O4. The number of hydrogen-bond donors (Lipinski definition) is 1. The van der Waals surface area contributed by atoms with Crippen molar-refractivity contribution >= 4 is 17.5 Å². The molecule has 3 heterocycles. The maximum absolute atomic E-state index is 12.0. The largest absolute Gasteiger partial charge is 0.471 e. The summed E-state index contributed by atoms with van der Waals surface area (Å²) >= 11 is 6.10. The number of halogens is 1.